The van der Waals surface area contributed by atoms with E-state index in [4.69, 9.17) is 14.3 Å². The van der Waals surface area contributed by atoms with Gasteiger partial charge in [0.15, 0.2) is 0 Å². The Morgan fingerprint density at radius 1 is 1.20 bits per heavy atom. The monoisotopic (exact) mass is 408 g/mol. The van der Waals surface area contributed by atoms with Gasteiger partial charge < -0.3 is 24.1 Å². The predicted octanol–water partition coefficient (Wildman–Crippen LogP) is 3.34. The van der Waals surface area contributed by atoms with Gasteiger partial charge in [0.2, 0.25) is 0 Å². The molecule has 1 aliphatic heterocycles. The molecule has 4 rings (SSSR count). The van der Waals surface area contributed by atoms with Crippen LogP contribution in [0.2, 0.25) is 0 Å². The van der Waals surface area contributed by atoms with Crippen LogP contribution in [-0.4, -0.2) is 28.3 Å². The summed E-state index contributed by atoms with van der Waals surface area (Å²) in [5, 5.41) is 11.9. The van der Waals surface area contributed by atoms with Crippen molar-refractivity contribution in [1.29, 1.82) is 0 Å². The number of nitrogens with one attached hydrogen (secondary N) is 1. The highest BCUT2D eigenvalue weighted by Gasteiger charge is 2.20. The molecule has 2 aromatic heterocycles. The fraction of sp³-hybridized carbons (Fsp3) is 0.304. The number of benzene rings is 1. The third-order valence-corrected chi connectivity index (χ3v) is 5.27. The lowest BCUT2D eigenvalue weighted by molar-refractivity contribution is 0.0952. The molecule has 1 amide bonds. The molecule has 156 valence electrons. The number of amides is 1. The first-order valence-corrected chi connectivity index (χ1v) is 9.98. The maximum absolute atomic E-state index is 12.9. The van der Waals surface area contributed by atoms with Crippen LogP contribution >= 0.6 is 0 Å². The topological polar surface area (TPSA) is 93.7 Å². The summed E-state index contributed by atoms with van der Waals surface area (Å²) in [4.78, 5) is 25.7. The highest BCUT2D eigenvalue weighted by Crippen LogP contribution is 2.24. The van der Waals surface area contributed by atoms with E-state index >= 15 is 0 Å². The van der Waals surface area contributed by atoms with E-state index in [0.29, 0.717) is 35.9 Å². The second-order valence-electron chi connectivity index (χ2n) is 7.42. The average molecular weight is 408 g/mol. The molecule has 0 saturated carbocycles. The SMILES string of the molecule is Cc1ccn(CC2CCCO2)c(=O)c1C(=O)Nc1ccc(-c2ccc(CO)o2)cc1. The van der Waals surface area contributed by atoms with Gasteiger partial charge in [-0.2, -0.15) is 0 Å². The quantitative estimate of drug-likeness (QED) is 0.652. The van der Waals surface area contributed by atoms with E-state index < -0.39 is 5.91 Å². The first-order chi connectivity index (χ1) is 14.5. The lowest BCUT2D eigenvalue weighted by Gasteiger charge is -2.14. The zero-order chi connectivity index (χ0) is 21.1. The summed E-state index contributed by atoms with van der Waals surface area (Å²) in [5.74, 6) is 0.682. The van der Waals surface area contributed by atoms with Gasteiger partial charge in [-0.25, -0.2) is 0 Å². The van der Waals surface area contributed by atoms with E-state index in [1.165, 1.54) is 0 Å². The van der Waals surface area contributed by atoms with Crippen molar-refractivity contribution in [2.75, 3.05) is 11.9 Å². The fourth-order valence-electron chi connectivity index (χ4n) is 3.62. The Kier molecular flexibility index (Phi) is 5.83. The number of furan rings is 1. The third-order valence-electron chi connectivity index (χ3n) is 5.27. The number of ether oxygens (including phenoxy) is 1. The van der Waals surface area contributed by atoms with Crippen LogP contribution in [0.25, 0.3) is 11.3 Å². The van der Waals surface area contributed by atoms with Gasteiger partial charge >= 0.3 is 0 Å². The number of rotatable bonds is 6. The molecular formula is C23H24N2O5. The van der Waals surface area contributed by atoms with Crippen molar-refractivity contribution in [2.24, 2.45) is 0 Å². The fourth-order valence-corrected chi connectivity index (χ4v) is 3.62. The third kappa shape index (κ3) is 4.22. The molecule has 1 unspecified atom stereocenters. The van der Waals surface area contributed by atoms with Crippen molar-refractivity contribution in [2.45, 2.75) is 39.0 Å². The first kappa shape index (κ1) is 20.1. The molecule has 30 heavy (non-hydrogen) atoms. The summed E-state index contributed by atoms with van der Waals surface area (Å²) in [5.41, 5.74) is 1.85. The molecule has 0 bridgehead atoms. The Hall–Kier alpha value is -3.16. The first-order valence-electron chi connectivity index (χ1n) is 9.98. The van der Waals surface area contributed by atoms with E-state index in [1.54, 1.807) is 48.0 Å². The molecule has 2 N–H and O–H groups in total. The van der Waals surface area contributed by atoms with E-state index in [0.717, 1.165) is 18.4 Å². The van der Waals surface area contributed by atoms with E-state index in [-0.39, 0.29) is 23.8 Å². The van der Waals surface area contributed by atoms with Crippen molar-refractivity contribution < 1.29 is 19.1 Å². The highest BCUT2D eigenvalue weighted by molar-refractivity contribution is 6.05. The summed E-state index contributed by atoms with van der Waals surface area (Å²) < 4.78 is 12.7. The van der Waals surface area contributed by atoms with Crippen molar-refractivity contribution in [3.63, 3.8) is 0 Å². The number of anilines is 1. The Bertz CT molecular complexity index is 1090. The molecule has 7 nitrogen and oxygen atoms in total. The van der Waals surface area contributed by atoms with Crippen LogP contribution in [0.1, 0.15) is 34.5 Å². The minimum Gasteiger partial charge on any atom is -0.459 e. The van der Waals surface area contributed by atoms with Crippen LogP contribution in [0.3, 0.4) is 0 Å². The molecule has 1 saturated heterocycles. The molecule has 3 aromatic rings. The van der Waals surface area contributed by atoms with Crippen molar-refractivity contribution in [1.82, 2.24) is 4.57 Å². The average Bonchev–Trinajstić information content (AvgIpc) is 3.43. The minimum absolute atomic E-state index is 0.0156. The van der Waals surface area contributed by atoms with Gasteiger partial charge in [-0.05, 0) is 67.8 Å². The molecule has 0 aliphatic carbocycles. The van der Waals surface area contributed by atoms with E-state index in [9.17, 15) is 9.59 Å². The maximum atomic E-state index is 12.9. The molecule has 1 fully saturated rings. The number of aryl methyl sites for hydroxylation is 1. The number of carbonyl (C=O) groups excluding carboxylic acids is 1. The molecule has 1 aliphatic rings. The molecule has 0 spiro atoms. The number of aliphatic hydroxyl groups excluding tert-OH is 1. The summed E-state index contributed by atoms with van der Waals surface area (Å²) >= 11 is 0. The standard InChI is InChI=1S/C23H24N2O5/c1-15-10-11-25(13-18-3-2-12-29-18)23(28)21(15)22(27)24-17-6-4-16(5-7-17)20-9-8-19(14-26)30-20/h4-11,18,26H,2-3,12-14H2,1H3,(H,24,27). The second kappa shape index (κ2) is 8.69. The largest absolute Gasteiger partial charge is 0.459 e. The maximum Gasteiger partial charge on any atom is 0.263 e. The summed E-state index contributed by atoms with van der Waals surface area (Å²) in [6.07, 6.45) is 3.65. The normalized spacial score (nSPS) is 16.0. The Balaban J connectivity index is 1.51. The number of hydrogen-bond acceptors (Lipinski definition) is 5. The van der Waals surface area contributed by atoms with Crippen LogP contribution in [0.15, 0.2) is 57.9 Å². The molecule has 7 heteroatoms. The smallest absolute Gasteiger partial charge is 0.263 e. The Morgan fingerprint density at radius 3 is 2.67 bits per heavy atom. The number of aromatic nitrogens is 1. The van der Waals surface area contributed by atoms with Gasteiger partial charge in [0, 0.05) is 24.1 Å². The number of carbonyl (C=O) groups is 1. The van der Waals surface area contributed by atoms with Gasteiger partial charge in [-0.1, -0.05) is 0 Å². The predicted molar refractivity (Wildman–Crippen MR) is 112 cm³/mol. The van der Waals surface area contributed by atoms with Crippen LogP contribution in [0.5, 0.6) is 0 Å². The molecule has 0 radical (unpaired) electrons. The van der Waals surface area contributed by atoms with Gasteiger partial charge in [0.1, 0.15) is 23.7 Å². The van der Waals surface area contributed by atoms with Crippen molar-refractivity contribution >= 4 is 11.6 Å². The summed E-state index contributed by atoms with van der Waals surface area (Å²) in [6.45, 7) is 2.77. The Labute approximate surface area is 173 Å². The van der Waals surface area contributed by atoms with E-state index in [2.05, 4.69) is 5.32 Å². The summed E-state index contributed by atoms with van der Waals surface area (Å²) in [6, 6.07) is 12.4. The lowest BCUT2D eigenvalue weighted by atomic mass is 10.1. The number of hydrogen-bond donors (Lipinski definition) is 2. The summed E-state index contributed by atoms with van der Waals surface area (Å²) in [7, 11) is 0. The van der Waals surface area contributed by atoms with Gasteiger partial charge in [0.05, 0.1) is 12.6 Å². The minimum atomic E-state index is -0.437. The van der Waals surface area contributed by atoms with Gasteiger partial charge in [-0.3, -0.25) is 9.59 Å². The highest BCUT2D eigenvalue weighted by atomic mass is 16.5. The molecule has 1 atom stereocenters. The zero-order valence-electron chi connectivity index (χ0n) is 16.8. The number of nitrogens with zero attached hydrogens (tertiary/aromatic N) is 1. The van der Waals surface area contributed by atoms with Crippen molar-refractivity contribution in [3.05, 3.63) is 75.9 Å². The van der Waals surface area contributed by atoms with Crippen LogP contribution < -0.4 is 10.9 Å². The van der Waals surface area contributed by atoms with Crippen LogP contribution in [-0.2, 0) is 17.9 Å². The van der Waals surface area contributed by atoms with Crippen LogP contribution in [0, 0.1) is 6.92 Å². The van der Waals surface area contributed by atoms with Crippen molar-refractivity contribution in [3.8, 4) is 11.3 Å². The second-order valence-corrected chi connectivity index (χ2v) is 7.42. The lowest BCUT2D eigenvalue weighted by Crippen LogP contribution is -2.32. The number of aliphatic hydroxyl groups is 1. The molecule has 1 aromatic carbocycles. The number of pyridine rings is 1. The molecular weight excluding hydrogens is 384 g/mol. The van der Waals surface area contributed by atoms with Gasteiger partial charge in [0.25, 0.3) is 11.5 Å². The van der Waals surface area contributed by atoms with Gasteiger partial charge in [-0.15, -0.1) is 0 Å². The molecule has 3 heterocycles. The Morgan fingerprint density at radius 2 is 2.00 bits per heavy atom. The zero-order valence-corrected chi connectivity index (χ0v) is 16.8. The van der Waals surface area contributed by atoms with E-state index in [1.807, 2.05) is 12.1 Å². The van der Waals surface area contributed by atoms with Crippen LogP contribution in [0.4, 0.5) is 5.69 Å².